The van der Waals surface area contributed by atoms with E-state index in [-0.39, 0.29) is 23.8 Å². The molecule has 4 aromatic rings. The number of nitrogens with zero attached hydrogens (tertiary/aromatic N) is 3. The molecule has 0 aliphatic carbocycles. The molecule has 43 heavy (non-hydrogen) atoms. The first-order valence-electron chi connectivity index (χ1n) is 14.1. The van der Waals surface area contributed by atoms with E-state index in [0.29, 0.717) is 11.5 Å². The minimum Gasteiger partial charge on any atom is -0.484 e. The highest BCUT2D eigenvalue weighted by atomic mass is 35.5. The predicted molar refractivity (Wildman–Crippen MR) is 168 cm³/mol. The van der Waals surface area contributed by atoms with E-state index < -0.39 is 5.97 Å². The van der Waals surface area contributed by atoms with Crippen molar-refractivity contribution in [3.63, 3.8) is 0 Å². The van der Waals surface area contributed by atoms with Crippen molar-refractivity contribution in [2.75, 3.05) is 51.8 Å². The van der Waals surface area contributed by atoms with Crippen molar-refractivity contribution in [1.29, 1.82) is 0 Å². The van der Waals surface area contributed by atoms with E-state index in [1.165, 1.54) is 16.0 Å². The lowest BCUT2D eigenvalue weighted by Gasteiger charge is -2.36. The Bertz CT molecular complexity index is 1570. The van der Waals surface area contributed by atoms with Crippen LogP contribution in [0.3, 0.4) is 0 Å². The number of carbonyl (C=O) groups is 2. The number of ether oxygens (including phenoxy) is 2. The number of benzene rings is 4. The molecule has 0 aromatic heterocycles. The fraction of sp³-hybridized carbons (Fsp3) is 0.235. The smallest absolute Gasteiger partial charge is 0.339 e. The normalized spacial score (nSPS) is 13.4. The lowest BCUT2D eigenvalue weighted by Crippen LogP contribution is -2.46. The molecule has 0 radical (unpaired) electrons. The Morgan fingerprint density at radius 1 is 0.860 bits per heavy atom. The van der Waals surface area contributed by atoms with Gasteiger partial charge >= 0.3 is 5.97 Å². The Balaban J connectivity index is 1.23. The molecule has 0 saturated carbocycles. The van der Waals surface area contributed by atoms with Gasteiger partial charge in [-0.3, -0.25) is 9.69 Å². The first kappa shape index (κ1) is 29.9. The van der Waals surface area contributed by atoms with Crippen LogP contribution in [0, 0.1) is 0 Å². The van der Waals surface area contributed by atoms with Gasteiger partial charge in [0.1, 0.15) is 22.8 Å². The molecule has 1 amide bonds. The monoisotopic (exact) mass is 599 g/mol. The summed E-state index contributed by atoms with van der Waals surface area (Å²) in [6, 6.07) is 28.4. The van der Waals surface area contributed by atoms with Crippen molar-refractivity contribution in [3.05, 3.63) is 107 Å². The molecular weight excluding hydrogens is 566 g/mol. The molecule has 0 atom stereocenters. The number of aromatic carboxylic acids is 1. The predicted octanol–water partition coefficient (Wildman–Crippen LogP) is 6.29. The number of carbonyl (C=O) groups excluding carboxylic acids is 1. The van der Waals surface area contributed by atoms with Crippen LogP contribution in [0.4, 0.5) is 5.69 Å². The van der Waals surface area contributed by atoms with Gasteiger partial charge in [-0.15, -0.1) is 0 Å². The standard InChI is InChI=1S/C34H34ClN3O5/c1-36(2)33(39)23-42-28-12-14-29(15-13-28)43-32-21-27(11-16-31(32)34(40)41)38-19-17-37(18-20-38)22-25-5-3-4-6-30(25)24-7-9-26(35)10-8-24/h3-16,21H,17-20,22-23H2,1-2H3,(H,40,41). The molecule has 222 valence electrons. The lowest BCUT2D eigenvalue weighted by atomic mass is 9.99. The zero-order valence-electron chi connectivity index (χ0n) is 24.2. The van der Waals surface area contributed by atoms with E-state index in [0.717, 1.165) is 49.0 Å². The first-order chi connectivity index (χ1) is 20.8. The van der Waals surface area contributed by atoms with Crippen molar-refractivity contribution in [3.8, 4) is 28.4 Å². The summed E-state index contributed by atoms with van der Waals surface area (Å²) < 4.78 is 11.5. The topological polar surface area (TPSA) is 82.6 Å². The number of carboxylic acid groups (broad SMARTS) is 1. The number of hydrogen-bond donors (Lipinski definition) is 1. The number of hydrogen-bond acceptors (Lipinski definition) is 6. The number of rotatable bonds is 10. The summed E-state index contributed by atoms with van der Waals surface area (Å²) in [5, 5.41) is 10.5. The second-order valence-electron chi connectivity index (χ2n) is 10.6. The van der Waals surface area contributed by atoms with Crippen molar-refractivity contribution >= 4 is 29.2 Å². The number of likely N-dealkylation sites (N-methyl/N-ethyl adjacent to an activating group) is 1. The lowest BCUT2D eigenvalue weighted by molar-refractivity contribution is -0.130. The Morgan fingerprint density at radius 3 is 2.21 bits per heavy atom. The fourth-order valence-electron chi connectivity index (χ4n) is 4.95. The van der Waals surface area contributed by atoms with E-state index in [1.807, 2.05) is 18.2 Å². The molecule has 0 bridgehead atoms. The zero-order valence-corrected chi connectivity index (χ0v) is 25.0. The average molecular weight is 600 g/mol. The Morgan fingerprint density at radius 2 is 1.53 bits per heavy atom. The molecule has 8 nitrogen and oxygen atoms in total. The highest BCUT2D eigenvalue weighted by molar-refractivity contribution is 6.30. The van der Waals surface area contributed by atoms with Crippen LogP contribution < -0.4 is 14.4 Å². The Labute approximate surface area is 256 Å². The number of halogens is 1. The van der Waals surface area contributed by atoms with Gasteiger partial charge in [0.05, 0.1) is 0 Å². The van der Waals surface area contributed by atoms with Gasteiger partial charge in [0.25, 0.3) is 5.91 Å². The molecule has 0 spiro atoms. The van der Waals surface area contributed by atoms with E-state index in [9.17, 15) is 14.7 Å². The van der Waals surface area contributed by atoms with Crippen LogP contribution in [0.25, 0.3) is 11.1 Å². The maximum Gasteiger partial charge on any atom is 0.339 e. The maximum atomic E-state index is 12.0. The molecule has 1 fully saturated rings. The third-order valence-corrected chi connectivity index (χ3v) is 7.66. The van der Waals surface area contributed by atoms with Crippen molar-refractivity contribution in [2.45, 2.75) is 6.54 Å². The zero-order chi connectivity index (χ0) is 30.3. The van der Waals surface area contributed by atoms with Gasteiger partial charge in [0.15, 0.2) is 6.61 Å². The summed E-state index contributed by atoms with van der Waals surface area (Å²) in [5.74, 6) is 0.0407. The van der Waals surface area contributed by atoms with E-state index in [1.54, 1.807) is 50.5 Å². The summed E-state index contributed by atoms with van der Waals surface area (Å²) in [6.45, 7) is 4.09. The van der Waals surface area contributed by atoms with Gasteiger partial charge in [-0.2, -0.15) is 0 Å². The van der Waals surface area contributed by atoms with Crippen molar-refractivity contribution < 1.29 is 24.2 Å². The molecule has 1 saturated heterocycles. The minimum absolute atomic E-state index is 0.0689. The molecule has 1 heterocycles. The van der Waals surface area contributed by atoms with Crippen molar-refractivity contribution in [2.24, 2.45) is 0 Å². The first-order valence-corrected chi connectivity index (χ1v) is 14.4. The molecule has 1 aliphatic heterocycles. The summed E-state index contributed by atoms with van der Waals surface area (Å²) in [4.78, 5) is 29.9. The molecular formula is C34H34ClN3O5. The third-order valence-electron chi connectivity index (χ3n) is 7.41. The van der Waals surface area contributed by atoms with Crippen LogP contribution in [0.5, 0.6) is 17.2 Å². The number of amides is 1. The molecule has 0 unspecified atom stereocenters. The highest BCUT2D eigenvalue weighted by Gasteiger charge is 2.21. The van der Waals surface area contributed by atoms with Crippen LogP contribution in [0.2, 0.25) is 5.02 Å². The Kier molecular flexibility index (Phi) is 9.49. The molecule has 9 heteroatoms. The molecule has 4 aromatic carbocycles. The van der Waals surface area contributed by atoms with Crippen LogP contribution in [-0.2, 0) is 11.3 Å². The van der Waals surface area contributed by atoms with Crippen molar-refractivity contribution in [1.82, 2.24) is 9.80 Å². The van der Waals surface area contributed by atoms with E-state index in [2.05, 4.69) is 46.2 Å². The quantitative estimate of drug-likeness (QED) is 0.229. The van der Waals surface area contributed by atoms with E-state index >= 15 is 0 Å². The average Bonchev–Trinajstić information content (AvgIpc) is 3.01. The van der Waals surface area contributed by atoms with Crippen LogP contribution in [0.15, 0.2) is 91.0 Å². The SMILES string of the molecule is CN(C)C(=O)COc1ccc(Oc2cc(N3CCN(Cc4ccccc4-c4ccc(Cl)cc4)CC3)ccc2C(=O)O)cc1. The highest BCUT2D eigenvalue weighted by Crippen LogP contribution is 2.32. The maximum absolute atomic E-state index is 12.0. The fourth-order valence-corrected chi connectivity index (χ4v) is 5.07. The Hall–Kier alpha value is -4.53. The summed E-state index contributed by atoms with van der Waals surface area (Å²) in [6.07, 6.45) is 0. The second-order valence-corrected chi connectivity index (χ2v) is 11.0. The number of anilines is 1. The number of piperazine rings is 1. The summed E-state index contributed by atoms with van der Waals surface area (Å²) in [7, 11) is 3.33. The molecule has 1 N–H and O–H groups in total. The minimum atomic E-state index is -1.06. The van der Waals surface area contributed by atoms with Gasteiger partial charge in [0, 0.05) is 63.6 Å². The van der Waals surface area contributed by atoms with Crippen LogP contribution in [0.1, 0.15) is 15.9 Å². The van der Waals surface area contributed by atoms with Gasteiger partial charge in [-0.05, 0) is 65.2 Å². The van der Waals surface area contributed by atoms with Crippen LogP contribution in [-0.4, -0.2) is 73.7 Å². The van der Waals surface area contributed by atoms with Gasteiger partial charge in [0.2, 0.25) is 0 Å². The van der Waals surface area contributed by atoms with Gasteiger partial charge in [-0.25, -0.2) is 4.79 Å². The van der Waals surface area contributed by atoms with Gasteiger partial charge in [-0.1, -0.05) is 48.0 Å². The molecule has 5 rings (SSSR count). The molecule has 1 aliphatic rings. The summed E-state index contributed by atoms with van der Waals surface area (Å²) in [5.41, 5.74) is 4.60. The largest absolute Gasteiger partial charge is 0.484 e. The van der Waals surface area contributed by atoms with E-state index in [4.69, 9.17) is 21.1 Å². The number of carboxylic acids is 1. The van der Waals surface area contributed by atoms with Gasteiger partial charge < -0.3 is 24.4 Å². The van der Waals surface area contributed by atoms with Crippen LogP contribution >= 0.6 is 11.6 Å². The second kappa shape index (κ2) is 13.6. The summed E-state index contributed by atoms with van der Waals surface area (Å²) >= 11 is 6.10. The third kappa shape index (κ3) is 7.66.